The van der Waals surface area contributed by atoms with E-state index < -0.39 is 0 Å². The van der Waals surface area contributed by atoms with Crippen LogP contribution < -0.4 is 5.32 Å². The maximum Gasteiger partial charge on any atom is 0.251 e. The van der Waals surface area contributed by atoms with Gasteiger partial charge in [-0.05, 0) is 59.8 Å². The van der Waals surface area contributed by atoms with Gasteiger partial charge in [0.1, 0.15) is 5.82 Å². The minimum Gasteiger partial charge on any atom is -0.349 e. The molecule has 1 aromatic rings. The van der Waals surface area contributed by atoms with E-state index in [9.17, 15) is 9.18 Å². The summed E-state index contributed by atoms with van der Waals surface area (Å²) in [6.07, 6.45) is 6.20. The summed E-state index contributed by atoms with van der Waals surface area (Å²) in [6.45, 7) is 2.06. The number of rotatable bonds is 3. The summed E-state index contributed by atoms with van der Waals surface area (Å²) < 4.78 is 13.5. The molecule has 0 aliphatic heterocycles. The molecule has 104 valence electrons. The number of nitrogens with one attached hydrogen (secondary N) is 1. The molecule has 0 spiro atoms. The quantitative estimate of drug-likeness (QED) is 0.881. The van der Waals surface area contributed by atoms with E-state index in [-0.39, 0.29) is 17.8 Å². The number of hydrogen-bond donors (Lipinski definition) is 1. The highest BCUT2D eigenvalue weighted by Crippen LogP contribution is 2.26. The molecule has 4 heteroatoms. The molecule has 1 unspecified atom stereocenters. The lowest BCUT2D eigenvalue weighted by Crippen LogP contribution is -2.38. The molecule has 1 amide bonds. The third kappa shape index (κ3) is 3.78. The molecule has 19 heavy (non-hydrogen) atoms. The molecule has 1 aromatic carbocycles. The fraction of sp³-hybridized carbons (Fsp3) is 0.533. The summed E-state index contributed by atoms with van der Waals surface area (Å²) >= 11 is 3.10. The molecule has 0 heterocycles. The Morgan fingerprint density at radius 1 is 1.37 bits per heavy atom. The summed E-state index contributed by atoms with van der Waals surface area (Å²) in [7, 11) is 0. The number of carbonyl (C=O) groups excluding carboxylic acids is 1. The van der Waals surface area contributed by atoms with E-state index in [0.717, 1.165) is 0 Å². The lowest BCUT2D eigenvalue weighted by molar-refractivity contribution is 0.0919. The first-order valence-corrected chi connectivity index (χ1v) is 7.63. The average Bonchev–Trinajstić information content (AvgIpc) is 2.42. The maximum atomic E-state index is 13.1. The normalized spacial score (nSPS) is 18.1. The second-order valence-corrected chi connectivity index (χ2v) is 6.14. The largest absolute Gasteiger partial charge is 0.349 e. The Morgan fingerprint density at radius 3 is 2.68 bits per heavy atom. The standard InChI is InChI=1S/C15H19BrFNO/c1-10(11-5-3-2-4-6-11)18-15(19)12-7-8-14(17)13(16)9-12/h7-11H,2-6H2,1H3,(H,18,19). The highest BCUT2D eigenvalue weighted by Gasteiger charge is 2.22. The first-order chi connectivity index (χ1) is 9.08. The van der Waals surface area contributed by atoms with E-state index in [1.54, 1.807) is 0 Å². The van der Waals surface area contributed by atoms with Crippen LogP contribution in [0.4, 0.5) is 4.39 Å². The van der Waals surface area contributed by atoms with E-state index in [0.29, 0.717) is 16.0 Å². The predicted octanol–water partition coefficient (Wildman–Crippen LogP) is 4.29. The molecule has 1 atom stereocenters. The van der Waals surface area contributed by atoms with Crippen LogP contribution in [0.5, 0.6) is 0 Å². The third-order valence-electron chi connectivity index (χ3n) is 3.90. The Balaban J connectivity index is 1.97. The van der Waals surface area contributed by atoms with Crippen molar-refractivity contribution in [2.75, 3.05) is 0 Å². The smallest absolute Gasteiger partial charge is 0.251 e. The molecule has 2 rings (SSSR count). The zero-order valence-corrected chi connectivity index (χ0v) is 12.7. The minimum atomic E-state index is -0.350. The van der Waals surface area contributed by atoms with Crippen LogP contribution in [0.3, 0.4) is 0 Å². The lowest BCUT2D eigenvalue weighted by Gasteiger charge is -2.28. The number of halogens is 2. The van der Waals surface area contributed by atoms with Gasteiger partial charge in [0.15, 0.2) is 0 Å². The van der Waals surface area contributed by atoms with Crippen molar-refractivity contribution in [3.63, 3.8) is 0 Å². The number of amides is 1. The molecule has 0 radical (unpaired) electrons. The topological polar surface area (TPSA) is 29.1 Å². The Bertz CT molecular complexity index is 457. The van der Waals surface area contributed by atoms with Gasteiger partial charge in [0.2, 0.25) is 0 Å². The van der Waals surface area contributed by atoms with Crippen molar-refractivity contribution in [1.29, 1.82) is 0 Å². The summed E-state index contributed by atoms with van der Waals surface area (Å²) in [5, 5.41) is 3.03. The minimum absolute atomic E-state index is 0.126. The van der Waals surface area contributed by atoms with Crippen molar-refractivity contribution in [2.45, 2.75) is 45.1 Å². The first kappa shape index (κ1) is 14.5. The lowest BCUT2D eigenvalue weighted by atomic mass is 9.84. The third-order valence-corrected chi connectivity index (χ3v) is 4.51. The van der Waals surface area contributed by atoms with Gasteiger partial charge in [0, 0.05) is 11.6 Å². The molecular formula is C15H19BrFNO. The van der Waals surface area contributed by atoms with Crippen molar-refractivity contribution in [3.05, 3.63) is 34.1 Å². The fourth-order valence-electron chi connectivity index (χ4n) is 2.68. The number of carbonyl (C=O) groups is 1. The maximum absolute atomic E-state index is 13.1. The van der Waals surface area contributed by atoms with Gasteiger partial charge in [-0.2, -0.15) is 0 Å². The first-order valence-electron chi connectivity index (χ1n) is 6.84. The SMILES string of the molecule is CC(NC(=O)c1ccc(F)c(Br)c1)C1CCCCC1. The van der Waals surface area contributed by atoms with E-state index in [2.05, 4.69) is 28.2 Å². The van der Waals surface area contributed by atoms with E-state index in [4.69, 9.17) is 0 Å². The summed E-state index contributed by atoms with van der Waals surface area (Å²) in [6, 6.07) is 4.53. The molecule has 2 nitrogen and oxygen atoms in total. The van der Waals surface area contributed by atoms with Crippen LogP contribution in [0.15, 0.2) is 22.7 Å². The molecule has 1 saturated carbocycles. The van der Waals surface area contributed by atoms with Gasteiger partial charge in [-0.1, -0.05) is 19.3 Å². The highest BCUT2D eigenvalue weighted by molar-refractivity contribution is 9.10. The molecule has 1 aliphatic carbocycles. The van der Waals surface area contributed by atoms with Gasteiger partial charge in [-0.15, -0.1) is 0 Å². The Kier molecular flexibility index (Phi) is 4.97. The summed E-state index contributed by atoms with van der Waals surface area (Å²) in [5.41, 5.74) is 0.496. The second kappa shape index (κ2) is 6.51. The van der Waals surface area contributed by atoms with Crippen molar-refractivity contribution in [3.8, 4) is 0 Å². The zero-order valence-electron chi connectivity index (χ0n) is 11.1. The molecule has 1 fully saturated rings. The van der Waals surface area contributed by atoms with Gasteiger partial charge in [-0.25, -0.2) is 4.39 Å². The van der Waals surface area contributed by atoms with Crippen LogP contribution in [0.25, 0.3) is 0 Å². The van der Waals surface area contributed by atoms with Gasteiger partial charge < -0.3 is 5.32 Å². The molecule has 0 bridgehead atoms. The van der Waals surface area contributed by atoms with Crippen LogP contribution in [-0.2, 0) is 0 Å². The van der Waals surface area contributed by atoms with Gasteiger partial charge in [0.25, 0.3) is 5.91 Å². The molecular weight excluding hydrogens is 309 g/mol. The van der Waals surface area contributed by atoms with Gasteiger partial charge in [-0.3, -0.25) is 4.79 Å². The van der Waals surface area contributed by atoms with Crippen LogP contribution in [0.2, 0.25) is 0 Å². The highest BCUT2D eigenvalue weighted by atomic mass is 79.9. The van der Waals surface area contributed by atoms with Crippen molar-refractivity contribution in [1.82, 2.24) is 5.32 Å². The van der Waals surface area contributed by atoms with Crippen LogP contribution in [-0.4, -0.2) is 11.9 Å². The van der Waals surface area contributed by atoms with Crippen LogP contribution >= 0.6 is 15.9 Å². The van der Waals surface area contributed by atoms with E-state index in [1.165, 1.54) is 50.3 Å². The van der Waals surface area contributed by atoms with E-state index in [1.807, 2.05) is 0 Å². The molecule has 1 N–H and O–H groups in total. The van der Waals surface area contributed by atoms with Crippen molar-refractivity contribution >= 4 is 21.8 Å². The van der Waals surface area contributed by atoms with Crippen molar-refractivity contribution in [2.24, 2.45) is 5.92 Å². The van der Waals surface area contributed by atoms with Crippen LogP contribution in [0.1, 0.15) is 49.4 Å². The number of benzene rings is 1. The van der Waals surface area contributed by atoms with Crippen LogP contribution in [0, 0.1) is 11.7 Å². The number of hydrogen-bond acceptors (Lipinski definition) is 1. The second-order valence-electron chi connectivity index (χ2n) is 5.29. The Labute approximate surface area is 121 Å². The van der Waals surface area contributed by atoms with E-state index >= 15 is 0 Å². The average molecular weight is 328 g/mol. The fourth-order valence-corrected chi connectivity index (χ4v) is 3.06. The molecule has 1 aliphatic rings. The molecule has 0 aromatic heterocycles. The zero-order chi connectivity index (χ0) is 13.8. The predicted molar refractivity (Wildman–Crippen MR) is 77.6 cm³/mol. The Hall–Kier alpha value is -0.900. The summed E-state index contributed by atoms with van der Waals surface area (Å²) in [5.74, 6) is 0.0947. The molecule has 0 saturated heterocycles. The Morgan fingerprint density at radius 2 is 2.05 bits per heavy atom. The van der Waals surface area contributed by atoms with Gasteiger partial charge in [0.05, 0.1) is 4.47 Å². The van der Waals surface area contributed by atoms with Crippen molar-refractivity contribution < 1.29 is 9.18 Å². The summed E-state index contributed by atoms with van der Waals surface area (Å²) in [4.78, 5) is 12.1. The van der Waals surface area contributed by atoms with Gasteiger partial charge >= 0.3 is 0 Å². The monoisotopic (exact) mass is 327 g/mol.